The van der Waals surface area contributed by atoms with E-state index >= 15 is 0 Å². The van der Waals surface area contributed by atoms with Gasteiger partial charge in [-0.15, -0.1) is 0 Å². The van der Waals surface area contributed by atoms with Crippen LogP contribution in [0.3, 0.4) is 0 Å². The number of alkyl halides is 2. The number of fused-ring (bicyclic) bond motifs is 1. The maximum absolute atomic E-state index is 13.4. The lowest BCUT2D eigenvalue weighted by Crippen LogP contribution is -2.26. The first-order valence-corrected chi connectivity index (χ1v) is 9.11. The molecule has 1 aliphatic rings. The van der Waals surface area contributed by atoms with Gasteiger partial charge >= 0.3 is 0 Å². The Morgan fingerprint density at radius 3 is 2.67 bits per heavy atom. The predicted octanol–water partition coefficient (Wildman–Crippen LogP) is 5.39. The molecule has 0 unspecified atom stereocenters. The van der Waals surface area contributed by atoms with Crippen LogP contribution in [0.1, 0.15) is 25.7 Å². The normalized spacial score (nSPS) is 17.1. The zero-order chi connectivity index (χ0) is 19.0. The highest BCUT2D eigenvalue weighted by Crippen LogP contribution is 2.38. The first kappa shape index (κ1) is 17.6. The second-order valence-electron chi connectivity index (χ2n) is 7.30. The number of hydrogen-bond donors (Lipinski definition) is 1. The van der Waals surface area contributed by atoms with Gasteiger partial charge in [-0.3, -0.25) is 0 Å². The highest BCUT2D eigenvalue weighted by Gasteiger charge is 2.35. The first-order chi connectivity index (χ1) is 12.9. The molecule has 0 bridgehead atoms. The lowest BCUT2D eigenvalue weighted by molar-refractivity contribution is -0.0419. The third kappa shape index (κ3) is 3.70. The molecule has 140 valence electrons. The largest absolute Gasteiger partial charge is 0.344 e. The van der Waals surface area contributed by atoms with E-state index in [-0.39, 0.29) is 18.8 Å². The number of allylic oxidation sites excluding steroid dienone is 1. The first-order valence-electron chi connectivity index (χ1n) is 9.11. The Hall–Kier alpha value is -2.76. The van der Waals surface area contributed by atoms with Crippen molar-refractivity contribution in [3.05, 3.63) is 55.3 Å². The molecule has 1 fully saturated rings. The summed E-state index contributed by atoms with van der Waals surface area (Å²) in [5.74, 6) is -1.78. The molecule has 0 radical (unpaired) electrons. The van der Waals surface area contributed by atoms with E-state index in [1.807, 2.05) is 36.1 Å². The van der Waals surface area contributed by atoms with E-state index in [2.05, 4.69) is 34.0 Å². The number of hydrogen-bond acceptors (Lipinski definition) is 3. The van der Waals surface area contributed by atoms with E-state index in [9.17, 15) is 8.78 Å². The predicted molar refractivity (Wildman–Crippen MR) is 104 cm³/mol. The average Bonchev–Trinajstić information content (AvgIpc) is 3.07. The highest BCUT2D eigenvalue weighted by molar-refractivity contribution is 5.88. The van der Waals surface area contributed by atoms with Crippen LogP contribution in [0.4, 0.5) is 14.6 Å². The molecule has 1 aliphatic carbocycles. The number of rotatable bonds is 4. The Labute approximate surface area is 156 Å². The summed E-state index contributed by atoms with van der Waals surface area (Å²) in [6.07, 6.45) is 6.19. The van der Waals surface area contributed by atoms with Crippen molar-refractivity contribution in [2.75, 3.05) is 5.32 Å². The van der Waals surface area contributed by atoms with Gasteiger partial charge in [-0.05, 0) is 36.3 Å². The van der Waals surface area contributed by atoms with Crippen molar-refractivity contribution in [1.29, 1.82) is 0 Å². The van der Waals surface area contributed by atoms with Crippen LogP contribution in [0.2, 0.25) is 0 Å². The molecule has 1 N–H and O–H groups in total. The number of imidazole rings is 1. The molecule has 2 aromatic heterocycles. The van der Waals surface area contributed by atoms with Gasteiger partial charge in [0.15, 0.2) is 0 Å². The molecule has 4 rings (SSSR count). The van der Waals surface area contributed by atoms with Gasteiger partial charge in [0.25, 0.3) is 0 Å². The maximum Gasteiger partial charge on any atom is 0.248 e. The topological polar surface area (TPSA) is 42.7 Å². The monoisotopic (exact) mass is 368 g/mol. The summed E-state index contributed by atoms with van der Waals surface area (Å²) in [7, 11) is 1.96. The summed E-state index contributed by atoms with van der Waals surface area (Å²) in [6, 6.07) is 8.16. The van der Waals surface area contributed by atoms with Crippen LogP contribution >= 0.6 is 0 Å². The lowest BCUT2D eigenvalue weighted by atomic mass is 9.85. The molecule has 0 spiro atoms. The Bertz CT molecular complexity index is 983. The van der Waals surface area contributed by atoms with Crippen LogP contribution in [0.25, 0.3) is 22.0 Å². The van der Waals surface area contributed by atoms with Gasteiger partial charge < -0.3 is 9.88 Å². The Morgan fingerprint density at radius 2 is 1.96 bits per heavy atom. The van der Waals surface area contributed by atoms with Crippen molar-refractivity contribution >= 4 is 16.6 Å². The van der Waals surface area contributed by atoms with Crippen molar-refractivity contribution in [3.8, 4) is 11.3 Å². The third-order valence-electron chi connectivity index (χ3n) is 5.33. The van der Waals surface area contributed by atoms with Gasteiger partial charge in [0.2, 0.25) is 5.92 Å². The summed E-state index contributed by atoms with van der Waals surface area (Å²) < 4.78 is 28.7. The number of nitrogens with one attached hydrogen (secondary N) is 1. The van der Waals surface area contributed by atoms with E-state index in [1.54, 1.807) is 6.33 Å². The molecule has 0 amide bonds. The molecule has 1 saturated carbocycles. The molecule has 4 nitrogen and oxygen atoms in total. The molecular weight excluding hydrogens is 346 g/mol. The summed E-state index contributed by atoms with van der Waals surface area (Å²) in [5, 5.41) is 5.32. The van der Waals surface area contributed by atoms with Gasteiger partial charge in [-0.2, -0.15) is 0 Å². The van der Waals surface area contributed by atoms with Crippen molar-refractivity contribution in [2.45, 2.75) is 31.6 Å². The van der Waals surface area contributed by atoms with Gasteiger partial charge in [0.1, 0.15) is 5.82 Å². The maximum atomic E-state index is 13.4. The second kappa shape index (κ2) is 6.76. The van der Waals surface area contributed by atoms with Gasteiger partial charge in [-0.1, -0.05) is 18.7 Å². The fraction of sp³-hybridized carbons (Fsp3) is 0.333. The summed E-state index contributed by atoms with van der Waals surface area (Å²) >= 11 is 0. The van der Waals surface area contributed by atoms with Crippen molar-refractivity contribution < 1.29 is 8.78 Å². The number of nitrogens with zero attached hydrogens (tertiary/aromatic N) is 3. The van der Waals surface area contributed by atoms with Gasteiger partial charge in [0, 0.05) is 42.7 Å². The second-order valence-corrected chi connectivity index (χ2v) is 7.30. The summed E-state index contributed by atoms with van der Waals surface area (Å²) in [6.45, 7) is 4.06. The molecule has 27 heavy (non-hydrogen) atoms. The smallest absolute Gasteiger partial charge is 0.248 e. The van der Waals surface area contributed by atoms with Crippen molar-refractivity contribution in [1.82, 2.24) is 14.5 Å². The van der Waals surface area contributed by atoms with E-state index in [0.29, 0.717) is 18.7 Å². The number of aromatic nitrogens is 3. The lowest BCUT2D eigenvalue weighted by Gasteiger charge is -2.29. The van der Waals surface area contributed by atoms with Crippen LogP contribution in [-0.2, 0) is 7.05 Å². The SMILES string of the molecule is C=C(Nc1cc2cc(-c3cncn3C)ccc2cn1)C1CCC(F)(F)CC1. The third-order valence-corrected chi connectivity index (χ3v) is 5.33. The summed E-state index contributed by atoms with van der Waals surface area (Å²) in [4.78, 5) is 8.61. The van der Waals surface area contributed by atoms with Gasteiger partial charge in [0.05, 0.1) is 18.2 Å². The number of pyridine rings is 1. The average molecular weight is 368 g/mol. The highest BCUT2D eigenvalue weighted by atomic mass is 19.3. The number of aryl methyl sites for hydroxylation is 1. The number of benzene rings is 1. The van der Waals surface area contributed by atoms with Gasteiger partial charge in [-0.25, -0.2) is 18.7 Å². The molecule has 0 saturated heterocycles. The fourth-order valence-electron chi connectivity index (χ4n) is 3.66. The molecule has 0 atom stereocenters. The summed E-state index contributed by atoms with van der Waals surface area (Å²) in [5.41, 5.74) is 2.88. The minimum atomic E-state index is -2.53. The zero-order valence-corrected chi connectivity index (χ0v) is 15.3. The standard InChI is InChI=1S/C21H22F2N4/c1-14(15-5-7-21(22,23)8-6-15)26-20-10-18-9-16(3-4-17(18)11-25-20)19-12-24-13-27(19)2/h3-4,9-13,15H,1,5-8H2,2H3,(H,25,26). The zero-order valence-electron chi connectivity index (χ0n) is 15.3. The van der Waals surface area contributed by atoms with Crippen molar-refractivity contribution in [3.63, 3.8) is 0 Å². The van der Waals surface area contributed by atoms with E-state index in [1.165, 1.54) is 0 Å². The fourth-order valence-corrected chi connectivity index (χ4v) is 3.66. The molecule has 6 heteroatoms. The van der Waals surface area contributed by atoms with E-state index < -0.39 is 5.92 Å². The van der Waals surface area contributed by atoms with Crippen LogP contribution in [0.15, 0.2) is 55.3 Å². The quantitative estimate of drug-likeness (QED) is 0.672. The Morgan fingerprint density at radius 1 is 1.19 bits per heavy atom. The number of halogens is 2. The van der Waals surface area contributed by atoms with Crippen LogP contribution < -0.4 is 5.32 Å². The molecule has 2 heterocycles. The van der Waals surface area contributed by atoms with E-state index in [4.69, 9.17) is 0 Å². The van der Waals surface area contributed by atoms with Crippen LogP contribution in [-0.4, -0.2) is 20.5 Å². The van der Waals surface area contributed by atoms with Crippen LogP contribution in [0, 0.1) is 5.92 Å². The molecule has 1 aromatic carbocycles. The molecule has 0 aliphatic heterocycles. The van der Waals surface area contributed by atoms with Crippen LogP contribution in [0.5, 0.6) is 0 Å². The van der Waals surface area contributed by atoms with Crippen molar-refractivity contribution in [2.24, 2.45) is 13.0 Å². The Balaban J connectivity index is 1.54. The molecule has 3 aromatic rings. The minimum Gasteiger partial charge on any atom is -0.344 e. The Kier molecular flexibility index (Phi) is 4.42. The number of anilines is 1. The molecular formula is C21H22F2N4. The minimum absolute atomic E-state index is 0.0582. The van der Waals surface area contributed by atoms with E-state index in [0.717, 1.165) is 27.7 Å².